The van der Waals surface area contributed by atoms with Crippen molar-refractivity contribution in [3.8, 4) is 0 Å². The maximum absolute atomic E-state index is 13.2. The summed E-state index contributed by atoms with van der Waals surface area (Å²) >= 11 is 0. The molecule has 0 atom stereocenters. The van der Waals surface area contributed by atoms with E-state index >= 15 is 0 Å². The van der Waals surface area contributed by atoms with Gasteiger partial charge in [0.15, 0.2) is 5.69 Å². The van der Waals surface area contributed by atoms with Crippen molar-refractivity contribution >= 4 is 5.91 Å². The minimum atomic E-state index is -4.58. The van der Waals surface area contributed by atoms with Crippen molar-refractivity contribution in [2.75, 3.05) is 32.7 Å². The fourth-order valence-electron chi connectivity index (χ4n) is 3.97. The molecule has 0 radical (unpaired) electrons. The van der Waals surface area contributed by atoms with E-state index in [1.807, 2.05) is 0 Å². The molecule has 3 rings (SSSR count). The molecule has 0 N–H and O–H groups in total. The molecule has 1 aliphatic carbocycles. The summed E-state index contributed by atoms with van der Waals surface area (Å²) in [4.78, 5) is 16.4. The van der Waals surface area contributed by atoms with Gasteiger partial charge in [-0.2, -0.15) is 18.3 Å². The van der Waals surface area contributed by atoms with Crippen molar-refractivity contribution in [1.82, 2.24) is 19.6 Å². The van der Waals surface area contributed by atoms with Crippen LogP contribution >= 0.6 is 0 Å². The number of carbonyl (C=O) groups is 1. The van der Waals surface area contributed by atoms with Crippen LogP contribution in [0.4, 0.5) is 13.2 Å². The smallest absolute Gasteiger partial charge is 0.336 e. The molecular weight excluding hydrogens is 333 g/mol. The molecule has 2 aliphatic rings. The maximum atomic E-state index is 13.2. The van der Waals surface area contributed by atoms with Crippen molar-refractivity contribution in [1.29, 1.82) is 0 Å². The lowest BCUT2D eigenvalue weighted by Gasteiger charge is -2.37. The third kappa shape index (κ3) is 4.16. The van der Waals surface area contributed by atoms with Gasteiger partial charge in [-0.25, -0.2) is 0 Å². The number of hydrogen-bond donors (Lipinski definition) is 0. The summed E-state index contributed by atoms with van der Waals surface area (Å²) in [6.45, 7) is 3.44. The molecule has 0 aromatic carbocycles. The molecule has 1 saturated heterocycles. The van der Waals surface area contributed by atoms with Crippen molar-refractivity contribution in [3.05, 3.63) is 17.5 Å². The summed E-state index contributed by atoms with van der Waals surface area (Å²) in [6.07, 6.45) is 2.90. The van der Waals surface area contributed by atoms with Crippen molar-refractivity contribution in [2.45, 2.75) is 38.3 Å². The summed E-state index contributed by atoms with van der Waals surface area (Å²) < 4.78 is 40.2. The van der Waals surface area contributed by atoms with Crippen LogP contribution < -0.4 is 0 Å². The third-order valence-electron chi connectivity index (χ3n) is 5.34. The zero-order chi connectivity index (χ0) is 18.0. The van der Waals surface area contributed by atoms with Crippen LogP contribution in [0.2, 0.25) is 0 Å². The summed E-state index contributed by atoms with van der Waals surface area (Å²) in [7, 11) is 1.21. The Morgan fingerprint density at radius 1 is 1.16 bits per heavy atom. The second-order valence-electron chi connectivity index (χ2n) is 7.13. The third-order valence-corrected chi connectivity index (χ3v) is 5.34. The Kier molecular flexibility index (Phi) is 5.36. The van der Waals surface area contributed by atoms with E-state index in [4.69, 9.17) is 0 Å². The van der Waals surface area contributed by atoms with Crippen LogP contribution in [0, 0.1) is 5.92 Å². The van der Waals surface area contributed by atoms with E-state index in [1.54, 1.807) is 0 Å². The first-order chi connectivity index (χ1) is 11.9. The van der Waals surface area contributed by atoms with Gasteiger partial charge in [0.05, 0.1) is 11.8 Å². The molecule has 8 heteroatoms. The lowest BCUT2D eigenvalue weighted by atomic mass is 9.89. The van der Waals surface area contributed by atoms with Gasteiger partial charge >= 0.3 is 6.18 Å². The number of halogens is 3. The van der Waals surface area contributed by atoms with Crippen LogP contribution in [0.15, 0.2) is 6.20 Å². The monoisotopic (exact) mass is 358 g/mol. The highest BCUT2D eigenvalue weighted by Crippen LogP contribution is 2.32. The molecule has 25 heavy (non-hydrogen) atoms. The molecule has 1 aromatic heterocycles. The second-order valence-corrected chi connectivity index (χ2v) is 7.13. The minimum Gasteiger partial charge on any atom is -0.336 e. The zero-order valence-corrected chi connectivity index (χ0v) is 14.6. The highest BCUT2D eigenvalue weighted by Gasteiger charge is 2.40. The minimum absolute atomic E-state index is 0.351. The van der Waals surface area contributed by atoms with Crippen LogP contribution in [0.25, 0.3) is 0 Å². The number of carbonyl (C=O) groups excluding carboxylic acids is 1. The van der Waals surface area contributed by atoms with E-state index in [2.05, 4.69) is 10.00 Å². The van der Waals surface area contributed by atoms with Gasteiger partial charge in [-0.3, -0.25) is 14.4 Å². The number of hydrogen-bond acceptors (Lipinski definition) is 3. The van der Waals surface area contributed by atoms with E-state index in [9.17, 15) is 18.0 Å². The highest BCUT2D eigenvalue weighted by atomic mass is 19.4. The van der Waals surface area contributed by atoms with Gasteiger partial charge in [0.25, 0.3) is 5.91 Å². The van der Waals surface area contributed by atoms with E-state index in [0.29, 0.717) is 13.1 Å². The summed E-state index contributed by atoms with van der Waals surface area (Å²) in [6, 6.07) is 0. The standard InChI is InChI=1S/C17H25F3N4O/c1-22-15(17(18,19)20)14(11-21-22)16(25)24-9-7-23(8-10-24)12-13-5-3-2-4-6-13/h11,13H,2-10,12H2,1H3. The van der Waals surface area contributed by atoms with Crippen LogP contribution in [0.1, 0.15) is 48.2 Å². The van der Waals surface area contributed by atoms with Gasteiger partial charge in [-0.1, -0.05) is 19.3 Å². The Bertz CT molecular complexity index is 600. The maximum Gasteiger partial charge on any atom is 0.433 e. The van der Waals surface area contributed by atoms with Crippen molar-refractivity contribution < 1.29 is 18.0 Å². The fourth-order valence-corrected chi connectivity index (χ4v) is 3.97. The number of piperazine rings is 1. The highest BCUT2D eigenvalue weighted by molar-refractivity contribution is 5.95. The molecule has 1 amide bonds. The quantitative estimate of drug-likeness (QED) is 0.834. The largest absolute Gasteiger partial charge is 0.433 e. The zero-order valence-electron chi connectivity index (χ0n) is 14.6. The number of alkyl halides is 3. The van der Waals surface area contributed by atoms with Crippen LogP contribution in [0.5, 0.6) is 0 Å². The van der Waals surface area contributed by atoms with Gasteiger partial charge in [0, 0.05) is 39.8 Å². The number of aromatic nitrogens is 2. The second kappa shape index (κ2) is 7.35. The SMILES string of the molecule is Cn1ncc(C(=O)N2CCN(CC3CCCCC3)CC2)c1C(F)(F)F. The first-order valence-corrected chi connectivity index (χ1v) is 8.97. The number of nitrogens with zero attached hydrogens (tertiary/aromatic N) is 4. The molecule has 0 spiro atoms. The van der Waals surface area contributed by atoms with Gasteiger partial charge < -0.3 is 4.90 Å². The van der Waals surface area contributed by atoms with Gasteiger partial charge in [-0.05, 0) is 18.8 Å². The Labute approximate surface area is 145 Å². The van der Waals surface area contributed by atoms with Crippen LogP contribution in [-0.4, -0.2) is 58.2 Å². The Morgan fingerprint density at radius 2 is 1.80 bits per heavy atom. The van der Waals surface area contributed by atoms with Crippen molar-refractivity contribution in [3.63, 3.8) is 0 Å². The van der Waals surface area contributed by atoms with Crippen molar-refractivity contribution in [2.24, 2.45) is 13.0 Å². The Balaban J connectivity index is 1.59. The molecule has 0 bridgehead atoms. The van der Waals surface area contributed by atoms with Crippen LogP contribution in [-0.2, 0) is 13.2 Å². The number of aryl methyl sites for hydroxylation is 1. The molecule has 1 aromatic rings. The lowest BCUT2D eigenvalue weighted by Crippen LogP contribution is -2.50. The molecule has 0 unspecified atom stereocenters. The molecule has 2 fully saturated rings. The Morgan fingerprint density at radius 3 is 2.40 bits per heavy atom. The average molecular weight is 358 g/mol. The first kappa shape index (κ1) is 18.2. The van der Waals surface area contributed by atoms with E-state index in [1.165, 1.54) is 44.1 Å². The molecule has 1 aliphatic heterocycles. The van der Waals surface area contributed by atoms with E-state index in [-0.39, 0.29) is 5.56 Å². The van der Waals surface area contributed by atoms with E-state index in [0.717, 1.165) is 36.4 Å². The number of amides is 1. The summed E-state index contributed by atoms with van der Waals surface area (Å²) in [5.74, 6) is 0.156. The molecular formula is C17H25F3N4O. The summed E-state index contributed by atoms with van der Waals surface area (Å²) in [5, 5.41) is 3.63. The average Bonchev–Trinajstić information content (AvgIpc) is 2.98. The fraction of sp³-hybridized carbons (Fsp3) is 0.765. The predicted molar refractivity (Wildman–Crippen MR) is 87.1 cm³/mol. The van der Waals surface area contributed by atoms with Gasteiger partial charge in [-0.15, -0.1) is 0 Å². The first-order valence-electron chi connectivity index (χ1n) is 8.97. The topological polar surface area (TPSA) is 41.4 Å². The predicted octanol–water partition coefficient (Wildman–Crippen LogP) is 2.78. The Hall–Kier alpha value is -1.57. The van der Waals surface area contributed by atoms with Gasteiger partial charge in [0.2, 0.25) is 0 Å². The molecule has 140 valence electrons. The lowest BCUT2D eigenvalue weighted by molar-refractivity contribution is -0.144. The normalized spacial score (nSPS) is 20.9. The van der Waals surface area contributed by atoms with Crippen LogP contribution in [0.3, 0.4) is 0 Å². The number of rotatable bonds is 3. The summed E-state index contributed by atoms with van der Waals surface area (Å²) in [5.41, 5.74) is -1.32. The molecule has 1 saturated carbocycles. The molecule has 2 heterocycles. The van der Waals surface area contributed by atoms with E-state index < -0.39 is 17.8 Å². The van der Waals surface area contributed by atoms with Gasteiger partial charge in [0.1, 0.15) is 0 Å². The molecule has 5 nitrogen and oxygen atoms in total.